The number of nitrogen functional groups attached to an aromatic ring is 1. The van der Waals surface area contributed by atoms with E-state index in [1.807, 2.05) is 0 Å². The van der Waals surface area contributed by atoms with Gasteiger partial charge in [-0.2, -0.15) is 5.10 Å². The number of hydrogen-bond donors (Lipinski definition) is 1. The molecule has 1 fully saturated rings. The zero-order valence-corrected chi connectivity index (χ0v) is 10.5. The van der Waals surface area contributed by atoms with E-state index in [1.54, 1.807) is 4.68 Å². The number of rotatable bonds is 2. The second-order valence-electron chi connectivity index (χ2n) is 4.19. The van der Waals surface area contributed by atoms with Gasteiger partial charge in [0.05, 0.1) is 17.5 Å². The molecule has 2 atom stereocenters. The van der Waals surface area contributed by atoms with E-state index >= 15 is 0 Å². The zero-order valence-electron chi connectivity index (χ0n) is 8.93. The molecule has 1 aliphatic carbocycles. The summed E-state index contributed by atoms with van der Waals surface area (Å²) in [5.41, 5.74) is 5.76. The molecule has 0 aliphatic heterocycles. The molecule has 16 heavy (non-hydrogen) atoms. The number of hydrogen-bond acceptors (Lipinski definition) is 4. The van der Waals surface area contributed by atoms with E-state index in [0.717, 1.165) is 12.8 Å². The van der Waals surface area contributed by atoms with Crippen molar-refractivity contribution in [1.29, 1.82) is 0 Å². The van der Waals surface area contributed by atoms with Crippen molar-refractivity contribution in [2.45, 2.75) is 30.6 Å². The first-order chi connectivity index (χ1) is 7.41. The van der Waals surface area contributed by atoms with Crippen LogP contribution in [-0.2, 0) is 9.84 Å². The van der Waals surface area contributed by atoms with Gasteiger partial charge in [0.15, 0.2) is 9.84 Å². The lowest BCUT2D eigenvalue weighted by Crippen LogP contribution is -2.28. The highest BCUT2D eigenvalue weighted by molar-refractivity contribution is 7.91. The second-order valence-corrected chi connectivity index (χ2v) is 6.86. The molecule has 0 bridgehead atoms. The van der Waals surface area contributed by atoms with Gasteiger partial charge >= 0.3 is 0 Å². The third kappa shape index (κ3) is 1.91. The van der Waals surface area contributed by atoms with Gasteiger partial charge in [-0.05, 0) is 19.3 Å². The van der Waals surface area contributed by atoms with Gasteiger partial charge in [-0.25, -0.2) is 13.1 Å². The minimum Gasteiger partial charge on any atom is -0.383 e. The molecule has 2 rings (SSSR count). The van der Waals surface area contributed by atoms with Crippen LogP contribution in [0.25, 0.3) is 0 Å². The smallest absolute Gasteiger partial charge is 0.152 e. The molecule has 1 heterocycles. The van der Waals surface area contributed by atoms with Crippen LogP contribution in [0.5, 0.6) is 0 Å². The van der Waals surface area contributed by atoms with Crippen LogP contribution in [0.15, 0.2) is 6.20 Å². The van der Waals surface area contributed by atoms with Crippen molar-refractivity contribution in [1.82, 2.24) is 9.78 Å². The minimum absolute atomic E-state index is 0.178. The summed E-state index contributed by atoms with van der Waals surface area (Å²) in [5.74, 6) is 0.349. The number of nitrogens with zero attached hydrogens (tertiary/aromatic N) is 2. The lowest BCUT2D eigenvalue weighted by molar-refractivity contribution is 0.464. The van der Waals surface area contributed by atoms with E-state index < -0.39 is 15.1 Å². The lowest BCUT2D eigenvalue weighted by atomic mass is 10.2. The number of anilines is 1. The van der Waals surface area contributed by atoms with Crippen LogP contribution in [0.1, 0.15) is 25.3 Å². The quantitative estimate of drug-likeness (QED) is 0.871. The van der Waals surface area contributed by atoms with E-state index in [1.165, 1.54) is 12.5 Å². The molecule has 0 amide bonds. The molecule has 2 N–H and O–H groups in total. The number of halogens is 1. The Labute approximate surface area is 99.5 Å². The average Bonchev–Trinajstić information content (AvgIpc) is 2.74. The molecule has 7 heteroatoms. The van der Waals surface area contributed by atoms with Gasteiger partial charge < -0.3 is 5.73 Å². The van der Waals surface area contributed by atoms with E-state index in [-0.39, 0.29) is 6.04 Å². The van der Waals surface area contributed by atoms with Crippen molar-refractivity contribution in [3.05, 3.63) is 11.2 Å². The second kappa shape index (κ2) is 3.92. The van der Waals surface area contributed by atoms with Gasteiger partial charge in [-0.1, -0.05) is 11.6 Å². The normalized spacial score (nSPS) is 26.1. The summed E-state index contributed by atoms with van der Waals surface area (Å²) in [4.78, 5) is 0. The first kappa shape index (κ1) is 11.7. The van der Waals surface area contributed by atoms with Crippen molar-refractivity contribution < 1.29 is 8.42 Å². The van der Waals surface area contributed by atoms with Gasteiger partial charge in [0, 0.05) is 6.26 Å². The standard InChI is InChI=1S/C9H14ClN3O2S/c1-16(14,15)8-4-2-3-7(8)13-9(11)6(10)5-12-13/h5,7-8H,2-4,11H2,1H3. The van der Waals surface area contributed by atoms with Crippen molar-refractivity contribution in [2.24, 2.45) is 0 Å². The summed E-state index contributed by atoms with van der Waals surface area (Å²) in [6.07, 6.45) is 5.03. The third-order valence-corrected chi connectivity index (χ3v) is 5.01. The largest absolute Gasteiger partial charge is 0.383 e. The van der Waals surface area contributed by atoms with Crippen LogP contribution in [0.4, 0.5) is 5.82 Å². The third-order valence-electron chi connectivity index (χ3n) is 3.07. The summed E-state index contributed by atoms with van der Waals surface area (Å²) >= 11 is 5.81. The van der Waals surface area contributed by atoms with Crippen molar-refractivity contribution in [3.8, 4) is 0 Å². The molecule has 0 radical (unpaired) electrons. The topological polar surface area (TPSA) is 78.0 Å². The molecule has 1 saturated carbocycles. The summed E-state index contributed by atoms with van der Waals surface area (Å²) in [7, 11) is -3.07. The Morgan fingerprint density at radius 2 is 2.25 bits per heavy atom. The first-order valence-electron chi connectivity index (χ1n) is 5.08. The monoisotopic (exact) mass is 263 g/mol. The molecule has 0 aromatic carbocycles. The van der Waals surface area contributed by atoms with Crippen LogP contribution in [0.2, 0.25) is 5.02 Å². The zero-order chi connectivity index (χ0) is 11.9. The number of aromatic nitrogens is 2. The summed E-state index contributed by atoms with van der Waals surface area (Å²) < 4.78 is 24.8. The maximum absolute atomic E-state index is 11.6. The fourth-order valence-corrected chi connectivity index (χ4v) is 3.85. The maximum atomic E-state index is 11.6. The van der Waals surface area contributed by atoms with Crippen molar-refractivity contribution >= 4 is 27.3 Å². The van der Waals surface area contributed by atoms with Crippen LogP contribution in [0.3, 0.4) is 0 Å². The highest BCUT2D eigenvalue weighted by atomic mass is 35.5. The van der Waals surface area contributed by atoms with Crippen LogP contribution >= 0.6 is 11.6 Å². The molecular formula is C9H14ClN3O2S. The fraction of sp³-hybridized carbons (Fsp3) is 0.667. The Morgan fingerprint density at radius 1 is 1.56 bits per heavy atom. The molecule has 90 valence electrons. The van der Waals surface area contributed by atoms with Gasteiger partial charge in [0.2, 0.25) is 0 Å². The highest BCUT2D eigenvalue weighted by Crippen LogP contribution is 2.36. The molecular weight excluding hydrogens is 250 g/mol. The number of sulfone groups is 1. The van der Waals surface area contributed by atoms with Crippen LogP contribution in [0, 0.1) is 0 Å². The molecule has 1 aliphatic rings. The Balaban J connectivity index is 2.38. The van der Waals surface area contributed by atoms with E-state index in [4.69, 9.17) is 17.3 Å². The van der Waals surface area contributed by atoms with E-state index in [0.29, 0.717) is 17.3 Å². The first-order valence-corrected chi connectivity index (χ1v) is 7.42. The summed E-state index contributed by atoms with van der Waals surface area (Å²) in [6.45, 7) is 0. The number of nitrogens with two attached hydrogens (primary N) is 1. The lowest BCUT2D eigenvalue weighted by Gasteiger charge is -2.19. The van der Waals surface area contributed by atoms with Gasteiger partial charge in [0.25, 0.3) is 0 Å². The molecule has 1 aromatic rings. The van der Waals surface area contributed by atoms with Crippen molar-refractivity contribution in [2.75, 3.05) is 12.0 Å². The van der Waals surface area contributed by atoms with Crippen LogP contribution in [-0.4, -0.2) is 29.7 Å². The minimum atomic E-state index is -3.07. The molecule has 5 nitrogen and oxygen atoms in total. The average molecular weight is 264 g/mol. The van der Waals surface area contributed by atoms with E-state index in [2.05, 4.69) is 5.10 Å². The fourth-order valence-electron chi connectivity index (χ4n) is 2.30. The Bertz CT molecular complexity index is 497. The van der Waals surface area contributed by atoms with Crippen molar-refractivity contribution in [3.63, 3.8) is 0 Å². The predicted octanol–water partition coefficient (Wildman–Crippen LogP) is 1.26. The molecule has 0 spiro atoms. The maximum Gasteiger partial charge on any atom is 0.152 e. The summed E-state index contributed by atoms with van der Waals surface area (Å²) in [6, 6.07) is -0.178. The Morgan fingerprint density at radius 3 is 2.75 bits per heavy atom. The van der Waals surface area contributed by atoms with Gasteiger partial charge in [-0.15, -0.1) is 0 Å². The Kier molecular flexibility index (Phi) is 2.88. The molecule has 1 aromatic heterocycles. The summed E-state index contributed by atoms with van der Waals surface area (Å²) in [5, 5.41) is 4.03. The molecule has 2 unspecified atom stereocenters. The van der Waals surface area contributed by atoms with Crippen LogP contribution < -0.4 is 5.73 Å². The SMILES string of the molecule is CS(=O)(=O)C1CCCC1n1ncc(Cl)c1N. The highest BCUT2D eigenvalue weighted by Gasteiger charge is 2.37. The Hall–Kier alpha value is -0.750. The predicted molar refractivity (Wildman–Crippen MR) is 63.2 cm³/mol. The van der Waals surface area contributed by atoms with E-state index in [9.17, 15) is 8.42 Å². The van der Waals surface area contributed by atoms with Gasteiger partial charge in [-0.3, -0.25) is 0 Å². The molecule has 0 saturated heterocycles. The van der Waals surface area contributed by atoms with Gasteiger partial charge in [0.1, 0.15) is 10.8 Å².